The number of rotatable bonds is 5. The van der Waals surface area contributed by atoms with Crippen LogP contribution in [-0.2, 0) is 4.79 Å². The third kappa shape index (κ3) is 4.51. The Labute approximate surface area is 248 Å². The van der Waals surface area contributed by atoms with Crippen molar-refractivity contribution < 1.29 is 34.2 Å². The Bertz CT molecular complexity index is 1720. The first-order valence-electron chi connectivity index (χ1n) is 12.4. The molecule has 2 fully saturated rings. The zero-order chi connectivity index (χ0) is 30.5. The number of likely N-dealkylation sites (N-methyl/N-ethyl adjacent to an activating group) is 1. The summed E-state index contributed by atoms with van der Waals surface area (Å²) in [5, 5.41) is 28.7. The van der Waals surface area contributed by atoms with Gasteiger partial charge in [0.05, 0.1) is 40.6 Å². The Hall–Kier alpha value is -4.92. The van der Waals surface area contributed by atoms with E-state index in [0.717, 1.165) is 23.1 Å². The van der Waals surface area contributed by atoms with Crippen LogP contribution in [0.3, 0.4) is 0 Å². The Kier molecular flexibility index (Phi) is 7.14. The van der Waals surface area contributed by atoms with E-state index >= 15 is 0 Å². The van der Waals surface area contributed by atoms with E-state index in [1.807, 2.05) is 6.07 Å². The molecule has 11 nitrogen and oxygen atoms in total. The van der Waals surface area contributed by atoms with Crippen LogP contribution in [0.1, 0.15) is 48.1 Å². The van der Waals surface area contributed by atoms with Crippen LogP contribution in [0, 0.1) is 11.3 Å². The molecular weight excluding hydrogens is 587 g/mol. The summed E-state index contributed by atoms with van der Waals surface area (Å²) in [6, 6.07) is 15.1. The number of carboxylic acids is 2. The second-order valence-corrected chi connectivity index (χ2v) is 10.7. The molecule has 2 aliphatic rings. The lowest BCUT2D eigenvalue weighted by Gasteiger charge is -2.33. The van der Waals surface area contributed by atoms with Crippen molar-refractivity contribution in [1.29, 1.82) is 5.26 Å². The van der Waals surface area contributed by atoms with Gasteiger partial charge in [0.1, 0.15) is 5.54 Å². The number of amides is 4. The van der Waals surface area contributed by atoms with Crippen LogP contribution in [0.15, 0.2) is 60.7 Å². The number of aromatic carboxylic acids is 2. The van der Waals surface area contributed by atoms with E-state index in [1.165, 1.54) is 35.0 Å². The van der Waals surface area contributed by atoms with E-state index in [0.29, 0.717) is 11.1 Å². The molecule has 1 spiro atoms. The molecule has 0 saturated carbocycles. The van der Waals surface area contributed by atoms with Gasteiger partial charge in [0.2, 0.25) is 0 Å². The number of carbonyl (C=O) groups excluding carboxylic acids is 3. The molecule has 3 aromatic carbocycles. The minimum Gasteiger partial charge on any atom is -0.478 e. The lowest BCUT2D eigenvalue weighted by atomic mass is 9.80. The maximum atomic E-state index is 14.3. The zero-order valence-electron chi connectivity index (χ0n) is 21.7. The summed E-state index contributed by atoms with van der Waals surface area (Å²) in [6.07, 6.45) is 0. The van der Waals surface area contributed by atoms with Gasteiger partial charge in [0.25, 0.3) is 11.8 Å². The minimum absolute atomic E-state index is 0.0992. The summed E-state index contributed by atoms with van der Waals surface area (Å²) in [7, 11) is 1.43. The van der Waals surface area contributed by atoms with Crippen LogP contribution >= 0.6 is 23.2 Å². The largest absolute Gasteiger partial charge is 0.478 e. The second-order valence-electron chi connectivity index (χ2n) is 9.88. The normalized spacial score (nSPS) is 19.9. The monoisotopic (exact) mass is 606 g/mol. The number of carbonyl (C=O) groups is 5. The number of likely N-dealkylation sites (tertiary alicyclic amines) is 1. The Balaban J connectivity index is 1.63. The van der Waals surface area contributed by atoms with Crippen LogP contribution in [0.25, 0.3) is 0 Å². The first-order valence-corrected chi connectivity index (χ1v) is 13.1. The van der Waals surface area contributed by atoms with E-state index in [9.17, 15) is 39.4 Å². The number of nitrogens with zero attached hydrogens (tertiary/aromatic N) is 4. The SMILES string of the molecule is CN1C(=O)N(c2cc(Cl)cc(Cl)c2)C(=O)C12CN(C(=O)c1ccc(C(=O)O)cc1C(=O)O)CC2c1ccc(C#N)cc1. The molecule has 2 saturated heterocycles. The summed E-state index contributed by atoms with van der Waals surface area (Å²) in [5.41, 5.74) is -1.69. The molecule has 42 heavy (non-hydrogen) atoms. The van der Waals surface area contributed by atoms with Crippen molar-refractivity contribution in [2.75, 3.05) is 25.0 Å². The maximum absolute atomic E-state index is 14.3. The first-order chi connectivity index (χ1) is 19.9. The third-order valence-electron chi connectivity index (χ3n) is 7.62. The molecule has 5 rings (SSSR count). The molecule has 212 valence electrons. The van der Waals surface area contributed by atoms with Gasteiger partial charge in [-0.1, -0.05) is 35.3 Å². The Morgan fingerprint density at radius 3 is 2.14 bits per heavy atom. The highest BCUT2D eigenvalue weighted by Crippen LogP contribution is 2.47. The van der Waals surface area contributed by atoms with E-state index in [2.05, 4.69) is 0 Å². The quantitative estimate of drug-likeness (QED) is 0.406. The summed E-state index contributed by atoms with van der Waals surface area (Å²) >= 11 is 12.3. The topological polar surface area (TPSA) is 159 Å². The van der Waals surface area contributed by atoms with Crippen molar-refractivity contribution in [1.82, 2.24) is 9.80 Å². The molecule has 2 atom stereocenters. The van der Waals surface area contributed by atoms with Gasteiger partial charge >= 0.3 is 18.0 Å². The molecule has 0 aliphatic carbocycles. The predicted octanol–water partition coefficient (Wildman–Crippen LogP) is 4.34. The number of carboxylic acid groups (broad SMARTS) is 2. The van der Waals surface area contributed by atoms with Crippen molar-refractivity contribution in [3.05, 3.63) is 98.5 Å². The average molecular weight is 607 g/mol. The predicted molar refractivity (Wildman–Crippen MR) is 150 cm³/mol. The van der Waals surface area contributed by atoms with Gasteiger partial charge in [-0.3, -0.25) is 9.59 Å². The molecule has 0 aromatic heterocycles. The number of anilines is 1. The number of hydrogen-bond donors (Lipinski definition) is 2. The number of hydrogen-bond acceptors (Lipinski definition) is 6. The molecule has 0 bridgehead atoms. The Morgan fingerprint density at radius 2 is 1.57 bits per heavy atom. The van der Waals surface area contributed by atoms with Gasteiger partial charge in [-0.2, -0.15) is 5.26 Å². The van der Waals surface area contributed by atoms with E-state index in [-0.39, 0.29) is 39.9 Å². The van der Waals surface area contributed by atoms with Crippen LogP contribution in [0.2, 0.25) is 10.0 Å². The average Bonchev–Trinajstić information content (AvgIpc) is 3.44. The van der Waals surface area contributed by atoms with Crippen molar-refractivity contribution >= 4 is 58.7 Å². The highest BCUT2D eigenvalue weighted by molar-refractivity contribution is 6.36. The van der Waals surface area contributed by atoms with Crippen molar-refractivity contribution in [2.45, 2.75) is 11.5 Å². The second kappa shape index (κ2) is 10.5. The summed E-state index contributed by atoms with van der Waals surface area (Å²) in [6.45, 7) is -0.403. The van der Waals surface area contributed by atoms with Crippen molar-refractivity contribution in [2.24, 2.45) is 0 Å². The molecule has 2 aliphatic heterocycles. The number of urea groups is 1. The molecule has 2 N–H and O–H groups in total. The van der Waals surface area contributed by atoms with E-state index < -0.39 is 46.8 Å². The molecule has 0 radical (unpaired) electrons. The number of imide groups is 1. The molecule has 13 heteroatoms. The van der Waals surface area contributed by atoms with Gasteiger partial charge in [-0.05, 0) is 54.1 Å². The summed E-state index contributed by atoms with van der Waals surface area (Å²) in [4.78, 5) is 68.6. The lowest BCUT2D eigenvalue weighted by Crippen LogP contribution is -2.54. The van der Waals surface area contributed by atoms with Crippen LogP contribution in [-0.4, -0.2) is 75.5 Å². The van der Waals surface area contributed by atoms with Gasteiger partial charge in [-0.25, -0.2) is 19.3 Å². The molecule has 2 unspecified atom stereocenters. The van der Waals surface area contributed by atoms with E-state index in [1.54, 1.807) is 24.3 Å². The Morgan fingerprint density at radius 1 is 0.929 bits per heavy atom. The van der Waals surface area contributed by atoms with Crippen LogP contribution < -0.4 is 4.90 Å². The number of benzene rings is 3. The van der Waals surface area contributed by atoms with Gasteiger partial charge in [-0.15, -0.1) is 0 Å². The molecular formula is C29H20Cl2N4O7. The highest BCUT2D eigenvalue weighted by atomic mass is 35.5. The molecule has 2 heterocycles. The standard InChI is InChI=1S/C29H20Cl2N4O7/c1-33-28(42)35(20-10-18(30)9-19(31)11-20)27(41)29(33)14-34(13-23(29)16-4-2-15(12-32)3-5-16)24(36)21-7-6-17(25(37)38)8-22(21)26(39)40/h2-11,23H,13-14H2,1H3,(H,37,38)(H,39,40). The van der Waals surface area contributed by atoms with Gasteiger partial charge < -0.3 is 20.0 Å². The first kappa shape index (κ1) is 28.6. The van der Waals surface area contributed by atoms with Gasteiger partial charge in [0.15, 0.2) is 0 Å². The fourth-order valence-electron chi connectivity index (χ4n) is 5.57. The smallest absolute Gasteiger partial charge is 0.336 e. The molecule has 4 amide bonds. The third-order valence-corrected chi connectivity index (χ3v) is 8.06. The zero-order valence-corrected chi connectivity index (χ0v) is 23.3. The van der Waals surface area contributed by atoms with Crippen LogP contribution in [0.5, 0.6) is 0 Å². The summed E-state index contributed by atoms with van der Waals surface area (Å²) < 4.78 is 0. The van der Waals surface area contributed by atoms with Gasteiger partial charge in [0, 0.05) is 29.6 Å². The van der Waals surface area contributed by atoms with Crippen molar-refractivity contribution in [3.63, 3.8) is 0 Å². The number of nitriles is 1. The minimum atomic E-state index is -1.62. The number of halogens is 2. The molecule has 3 aromatic rings. The fourth-order valence-corrected chi connectivity index (χ4v) is 6.09. The highest BCUT2D eigenvalue weighted by Gasteiger charge is 2.65. The van der Waals surface area contributed by atoms with Crippen molar-refractivity contribution in [3.8, 4) is 6.07 Å². The fraction of sp³-hybridized carbons (Fsp3) is 0.172. The van der Waals surface area contributed by atoms with E-state index in [4.69, 9.17) is 23.2 Å². The van der Waals surface area contributed by atoms with Crippen LogP contribution in [0.4, 0.5) is 10.5 Å². The maximum Gasteiger partial charge on any atom is 0.336 e. The summed E-state index contributed by atoms with van der Waals surface area (Å²) in [5.74, 6) is -5.08. The lowest BCUT2D eigenvalue weighted by molar-refractivity contribution is -0.124.